The maximum Gasteiger partial charge on any atom is 0.243 e. The number of anilines is 1. The molecule has 0 N–H and O–H groups in total. The van der Waals surface area contributed by atoms with Gasteiger partial charge < -0.3 is 9.64 Å². The molecule has 1 aliphatic heterocycles. The van der Waals surface area contributed by atoms with Gasteiger partial charge in [0.1, 0.15) is 5.75 Å². The van der Waals surface area contributed by atoms with Gasteiger partial charge in [-0.1, -0.05) is 29.8 Å². The van der Waals surface area contributed by atoms with E-state index in [4.69, 9.17) is 4.74 Å². The molecule has 2 heterocycles. The number of sulfonamides is 1. The van der Waals surface area contributed by atoms with Crippen molar-refractivity contribution >= 4 is 15.8 Å². The van der Waals surface area contributed by atoms with Crippen LogP contribution in [0.3, 0.4) is 0 Å². The molecule has 8 heteroatoms. The quantitative estimate of drug-likeness (QED) is 0.568. The lowest BCUT2D eigenvalue weighted by molar-refractivity contribution is 0.382. The van der Waals surface area contributed by atoms with Gasteiger partial charge in [-0.3, -0.25) is 0 Å². The number of hydrogen-bond donors (Lipinski definition) is 0. The van der Waals surface area contributed by atoms with Gasteiger partial charge in [0.25, 0.3) is 0 Å². The molecule has 0 atom stereocenters. The summed E-state index contributed by atoms with van der Waals surface area (Å²) >= 11 is 0. The van der Waals surface area contributed by atoms with E-state index in [9.17, 15) is 8.42 Å². The number of rotatable bonds is 5. The largest absolute Gasteiger partial charge is 0.496 e. The molecule has 7 nitrogen and oxygen atoms in total. The van der Waals surface area contributed by atoms with Crippen LogP contribution in [0.25, 0.3) is 11.3 Å². The molecule has 33 heavy (non-hydrogen) atoms. The van der Waals surface area contributed by atoms with Crippen LogP contribution >= 0.6 is 0 Å². The number of aryl methyl sites for hydroxylation is 2. The van der Waals surface area contributed by atoms with Crippen molar-refractivity contribution < 1.29 is 13.2 Å². The van der Waals surface area contributed by atoms with E-state index < -0.39 is 10.0 Å². The van der Waals surface area contributed by atoms with Gasteiger partial charge >= 0.3 is 0 Å². The number of aromatic nitrogens is 2. The van der Waals surface area contributed by atoms with Crippen LogP contribution in [-0.4, -0.2) is 56.2 Å². The van der Waals surface area contributed by atoms with Gasteiger partial charge in [0, 0.05) is 31.7 Å². The van der Waals surface area contributed by atoms with Crippen LogP contribution in [0.4, 0.5) is 5.82 Å². The molecule has 3 aromatic rings. The summed E-state index contributed by atoms with van der Waals surface area (Å²) in [5.41, 5.74) is 5.46. The van der Waals surface area contributed by atoms with Crippen LogP contribution in [0.5, 0.6) is 5.75 Å². The van der Waals surface area contributed by atoms with E-state index in [1.165, 1.54) is 5.56 Å². The van der Waals surface area contributed by atoms with Crippen molar-refractivity contribution in [3.8, 4) is 17.0 Å². The fraction of sp³-hybridized carbons (Fsp3) is 0.360. The number of hydrogen-bond acceptors (Lipinski definition) is 6. The summed E-state index contributed by atoms with van der Waals surface area (Å²) in [6.07, 6.45) is 0. The molecule has 2 aromatic carbocycles. The first-order chi connectivity index (χ1) is 15.7. The number of nitrogens with zero attached hydrogens (tertiary/aromatic N) is 4. The first-order valence-electron chi connectivity index (χ1n) is 11.0. The highest BCUT2D eigenvalue weighted by molar-refractivity contribution is 7.89. The van der Waals surface area contributed by atoms with Crippen molar-refractivity contribution in [1.29, 1.82) is 0 Å². The van der Waals surface area contributed by atoms with Crippen molar-refractivity contribution in [2.45, 2.75) is 32.6 Å². The topological polar surface area (TPSA) is 75.6 Å². The highest BCUT2D eigenvalue weighted by Gasteiger charge is 2.31. The van der Waals surface area contributed by atoms with Gasteiger partial charge in [-0.2, -0.15) is 4.31 Å². The van der Waals surface area contributed by atoms with Gasteiger partial charge in [-0.05, 0) is 62.6 Å². The Balaban J connectivity index is 1.48. The summed E-state index contributed by atoms with van der Waals surface area (Å²) in [6, 6.07) is 13.8. The van der Waals surface area contributed by atoms with E-state index in [1.54, 1.807) is 17.5 Å². The second-order valence-corrected chi connectivity index (χ2v) is 10.4. The molecule has 0 amide bonds. The van der Waals surface area contributed by atoms with Crippen LogP contribution in [0.15, 0.2) is 47.4 Å². The van der Waals surface area contributed by atoms with Crippen molar-refractivity contribution in [1.82, 2.24) is 14.5 Å². The summed E-state index contributed by atoms with van der Waals surface area (Å²) in [7, 11) is -1.99. The average molecular weight is 467 g/mol. The Kier molecular flexibility index (Phi) is 6.41. The molecule has 1 aromatic heterocycles. The first kappa shape index (κ1) is 23.2. The molecular weight excluding hydrogens is 436 g/mol. The van der Waals surface area contributed by atoms with E-state index >= 15 is 0 Å². The smallest absolute Gasteiger partial charge is 0.243 e. The average Bonchev–Trinajstić information content (AvgIpc) is 2.82. The fourth-order valence-electron chi connectivity index (χ4n) is 4.27. The lowest BCUT2D eigenvalue weighted by Crippen LogP contribution is -2.49. The second kappa shape index (κ2) is 9.11. The zero-order valence-electron chi connectivity index (χ0n) is 19.8. The van der Waals surface area contributed by atoms with Gasteiger partial charge in [-0.25, -0.2) is 8.42 Å². The van der Waals surface area contributed by atoms with Crippen molar-refractivity contribution in [2.24, 2.45) is 0 Å². The summed E-state index contributed by atoms with van der Waals surface area (Å²) < 4.78 is 33.8. The zero-order chi connectivity index (χ0) is 23.8. The number of methoxy groups -OCH3 is 1. The Morgan fingerprint density at radius 3 is 2.09 bits per heavy atom. The Morgan fingerprint density at radius 2 is 1.52 bits per heavy atom. The normalized spacial score (nSPS) is 15.0. The Bertz CT molecular complexity index is 1250. The SMILES string of the molecule is COc1c(C)cc(S(=O)(=O)N2CCN(c3ccc(-c4ccc(C)cc4)nn3)CC2)c(C)c1C. The van der Waals surface area contributed by atoms with E-state index in [-0.39, 0.29) is 0 Å². The van der Waals surface area contributed by atoms with Gasteiger partial charge in [0.15, 0.2) is 5.82 Å². The van der Waals surface area contributed by atoms with Gasteiger partial charge in [0.2, 0.25) is 10.0 Å². The molecule has 0 unspecified atom stereocenters. The van der Waals surface area contributed by atoms with Gasteiger partial charge in [0.05, 0.1) is 17.7 Å². The van der Waals surface area contributed by atoms with E-state index in [0.29, 0.717) is 31.1 Å². The third kappa shape index (κ3) is 4.45. The molecule has 0 aliphatic carbocycles. The molecule has 4 rings (SSSR count). The Labute approximate surface area is 196 Å². The first-order valence-corrected chi connectivity index (χ1v) is 12.5. The van der Waals surface area contributed by atoms with Crippen molar-refractivity contribution in [3.63, 3.8) is 0 Å². The second-order valence-electron chi connectivity index (χ2n) is 8.51. The minimum absolute atomic E-state index is 0.356. The van der Waals surface area contributed by atoms with Crippen LogP contribution in [-0.2, 0) is 10.0 Å². The van der Waals surface area contributed by atoms with Crippen LogP contribution in [0.1, 0.15) is 22.3 Å². The van der Waals surface area contributed by atoms with Gasteiger partial charge in [-0.15, -0.1) is 10.2 Å². The zero-order valence-corrected chi connectivity index (χ0v) is 20.6. The van der Waals surface area contributed by atoms with Crippen LogP contribution < -0.4 is 9.64 Å². The highest BCUT2D eigenvalue weighted by Crippen LogP contribution is 2.33. The fourth-order valence-corrected chi connectivity index (χ4v) is 6.06. The maximum atomic E-state index is 13.4. The molecule has 0 saturated carbocycles. The molecule has 1 saturated heterocycles. The van der Waals surface area contributed by atoms with Crippen LogP contribution in [0.2, 0.25) is 0 Å². The molecule has 174 valence electrons. The highest BCUT2D eigenvalue weighted by atomic mass is 32.2. The predicted octanol–water partition coefficient (Wildman–Crippen LogP) is 3.90. The summed E-state index contributed by atoms with van der Waals surface area (Å²) in [6.45, 7) is 9.58. The molecule has 0 bridgehead atoms. The summed E-state index contributed by atoms with van der Waals surface area (Å²) in [4.78, 5) is 2.43. The Morgan fingerprint density at radius 1 is 0.848 bits per heavy atom. The van der Waals surface area contributed by atoms with E-state index in [1.807, 2.05) is 45.0 Å². The predicted molar refractivity (Wildman–Crippen MR) is 130 cm³/mol. The minimum Gasteiger partial charge on any atom is -0.496 e. The summed E-state index contributed by atoms with van der Waals surface area (Å²) in [5.74, 6) is 1.50. The molecular formula is C25H30N4O3S. The number of piperazine rings is 1. The van der Waals surface area contributed by atoms with Crippen molar-refractivity contribution in [2.75, 3.05) is 38.2 Å². The third-order valence-corrected chi connectivity index (χ3v) is 8.39. The molecule has 1 fully saturated rings. The molecule has 0 spiro atoms. The number of benzene rings is 2. The van der Waals surface area contributed by atoms with Crippen molar-refractivity contribution in [3.05, 3.63) is 64.7 Å². The number of ether oxygens (including phenoxy) is 1. The minimum atomic E-state index is -3.60. The molecule has 1 aliphatic rings. The van der Waals surface area contributed by atoms with Crippen LogP contribution in [0, 0.1) is 27.7 Å². The lowest BCUT2D eigenvalue weighted by Gasteiger charge is -2.34. The van der Waals surface area contributed by atoms with E-state index in [0.717, 1.165) is 39.5 Å². The van der Waals surface area contributed by atoms with E-state index in [2.05, 4.69) is 34.2 Å². The molecule has 0 radical (unpaired) electrons. The summed E-state index contributed by atoms with van der Waals surface area (Å²) in [5, 5.41) is 8.78. The lowest BCUT2D eigenvalue weighted by atomic mass is 10.1. The maximum absolute atomic E-state index is 13.4. The standard InChI is InChI=1S/C25H30N4O3S/c1-17-6-8-21(9-7-17)22-10-11-24(27-26-22)28-12-14-29(15-13-28)33(30,31)23-16-18(2)25(32-5)20(4)19(23)3/h6-11,16H,12-15H2,1-5H3. The monoisotopic (exact) mass is 466 g/mol. The third-order valence-electron chi connectivity index (χ3n) is 6.36. The Hall–Kier alpha value is -2.97.